The largest absolute Gasteiger partial charge is 0.491 e. The molecule has 2 heterocycles. The van der Waals surface area contributed by atoms with Crippen molar-refractivity contribution >= 4 is 17.4 Å². The van der Waals surface area contributed by atoms with Gasteiger partial charge in [-0.3, -0.25) is 0 Å². The van der Waals surface area contributed by atoms with Gasteiger partial charge >= 0.3 is 6.03 Å². The first-order valence-corrected chi connectivity index (χ1v) is 13.4. The number of nitrogens with zero attached hydrogens (tertiary/aromatic N) is 3. The van der Waals surface area contributed by atoms with Gasteiger partial charge in [0.15, 0.2) is 5.82 Å². The molecule has 0 saturated heterocycles. The Morgan fingerprint density at radius 3 is 2.42 bits per heavy atom. The minimum absolute atomic E-state index is 0.0912. The van der Waals surface area contributed by atoms with Crippen LogP contribution in [0.3, 0.4) is 0 Å². The van der Waals surface area contributed by atoms with Crippen molar-refractivity contribution in [1.29, 1.82) is 0 Å². The molecular formula is C32H30N6O2. The number of aromatic nitrogens is 4. The van der Waals surface area contributed by atoms with Crippen molar-refractivity contribution in [2.45, 2.75) is 26.2 Å². The number of nitrogens with one attached hydrogen (secondary N) is 3. The third-order valence-corrected chi connectivity index (χ3v) is 7.24. The zero-order valence-electron chi connectivity index (χ0n) is 22.4. The van der Waals surface area contributed by atoms with E-state index in [1.807, 2.05) is 67.6 Å². The van der Waals surface area contributed by atoms with E-state index in [0.717, 1.165) is 34.2 Å². The van der Waals surface area contributed by atoms with Gasteiger partial charge in [-0.2, -0.15) is 0 Å². The van der Waals surface area contributed by atoms with Gasteiger partial charge in [0.1, 0.15) is 5.75 Å². The van der Waals surface area contributed by atoms with Crippen LogP contribution >= 0.6 is 0 Å². The van der Waals surface area contributed by atoms with Crippen molar-refractivity contribution in [3.8, 4) is 28.3 Å². The summed E-state index contributed by atoms with van der Waals surface area (Å²) in [6.07, 6.45) is 0.920. The summed E-state index contributed by atoms with van der Waals surface area (Å²) in [6, 6.07) is 29.9. The predicted molar refractivity (Wildman–Crippen MR) is 156 cm³/mol. The third kappa shape index (κ3) is 5.29. The van der Waals surface area contributed by atoms with Gasteiger partial charge in [0.2, 0.25) is 0 Å². The first-order chi connectivity index (χ1) is 19.5. The molecule has 0 saturated carbocycles. The molecule has 0 spiro atoms. The minimum atomic E-state index is -0.340. The molecule has 200 valence electrons. The second-order valence-corrected chi connectivity index (χ2v) is 10.3. The SMILES string of the molecule is Cc1ccc(NC(=O)Nc2cc(-c3ccccc3-c3nnn[nH]3)cc3c2OC[C@@H](C)C[C@H]3c2ccccc2)cc1. The molecule has 0 unspecified atom stereocenters. The smallest absolute Gasteiger partial charge is 0.323 e. The maximum absolute atomic E-state index is 13.2. The number of hydrogen-bond acceptors (Lipinski definition) is 5. The third-order valence-electron chi connectivity index (χ3n) is 7.24. The molecule has 0 aliphatic carbocycles. The van der Waals surface area contributed by atoms with Crippen LogP contribution in [0.5, 0.6) is 5.75 Å². The fourth-order valence-corrected chi connectivity index (χ4v) is 5.28. The zero-order valence-corrected chi connectivity index (χ0v) is 22.4. The van der Waals surface area contributed by atoms with Crippen LogP contribution in [0.25, 0.3) is 22.5 Å². The number of carbonyl (C=O) groups is 1. The number of aromatic amines is 1. The van der Waals surface area contributed by atoms with Gasteiger partial charge in [-0.25, -0.2) is 9.89 Å². The van der Waals surface area contributed by atoms with Gasteiger partial charge in [-0.15, -0.1) is 5.10 Å². The number of fused-ring (bicyclic) bond motifs is 1. The standard InChI is InChI=1S/C32H30N6O2/c1-20-12-14-24(15-13-20)33-32(39)34-29-18-23(25-10-6-7-11-26(25)31-35-37-38-36-31)17-28-27(22-8-4-3-5-9-22)16-21(2)19-40-30(28)29/h3-15,17-18,21,27H,16,19H2,1-2H3,(H2,33,34,39)(H,35,36,37,38)/t21-,27-/m0/s1. The summed E-state index contributed by atoms with van der Waals surface area (Å²) >= 11 is 0. The lowest BCUT2D eigenvalue weighted by molar-refractivity contribution is 0.259. The van der Waals surface area contributed by atoms with Crippen molar-refractivity contribution in [1.82, 2.24) is 20.6 Å². The van der Waals surface area contributed by atoms with E-state index in [-0.39, 0.29) is 11.9 Å². The molecule has 1 aliphatic rings. The van der Waals surface area contributed by atoms with E-state index in [1.165, 1.54) is 5.56 Å². The highest BCUT2D eigenvalue weighted by molar-refractivity contribution is 6.01. The van der Waals surface area contributed by atoms with Crippen molar-refractivity contribution in [2.24, 2.45) is 5.92 Å². The Morgan fingerprint density at radius 1 is 0.925 bits per heavy atom. The molecule has 0 fully saturated rings. The molecule has 8 nitrogen and oxygen atoms in total. The average molecular weight is 531 g/mol. The molecule has 5 aromatic rings. The second kappa shape index (κ2) is 11.0. The predicted octanol–water partition coefficient (Wildman–Crippen LogP) is 7.04. The first-order valence-electron chi connectivity index (χ1n) is 13.4. The van der Waals surface area contributed by atoms with Crippen molar-refractivity contribution in [3.05, 3.63) is 108 Å². The molecule has 4 aromatic carbocycles. The van der Waals surface area contributed by atoms with E-state index in [4.69, 9.17) is 4.74 Å². The lowest BCUT2D eigenvalue weighted by Gasteiger charge is -2.22. The van der Waals surface area contributed by atoms with Crippen LogP contribution in [0.15, 0.2) is 91.0 Å². The molecule has 0 radical (unpaired) electrons. The van der Waals surface area contributed by atoms with Crippen LogP contribution in [0, 0.1) is 12.8 Å². The van der Waals surface area contributed by atoms with Crippen LogP contribution in [0.1, 0.15) is 36.0 Å². The van der Waals surface area contributed by atoms with E-state index in [1.54, 1.807) is 0 Å². The van der Waals surface area contributed by atoms with E-state index in [9.17, 15) is 4.79 Å². The molecule has 1 aromatic heterocycles. The maximum Gasteiger partial charge on any atom is 0.323 e. The van der Waals surface area contributed by atoms with Crippen molar-refractivity contribution < 1.29 is 9.53 Å². The lowest BCUT2D eigenvalue weighted by Crippen LogP contribution is -2.20. The Hall–Kier alpha value is -4.98. The Bertz CT molecular complexity index is 1620. The summed E-state index contributed by atoms with van der Waals surface area (Å²) in [5.74, 6) is 1.68. The van der Waals surface area contributed by atoms with Gasteiger partial charge in [0.05, 0.1) is 12.3 Å². The van der Waals surface area contributed by atoms with Gasteiger partial charge in [0, 0.05) is 22.7 Å². The molecule has 0 bridgehead atoms. The fourth-order valence-electron chi connectivity index (χ4n) is 5.28. The molecule has 40 heavy (non-hydrogen) atoms. The number of hydrogen-bond donors (Lipinski definition) is 3. The number of ether oxygens (including phenoxy) is 1. The minimum Gasteiger partial charge on any atom is -0.491 e. The van der Waals surface area contributed by atoms with Gasteiger partial charge < -0.3 is 15.4 Å². The van der Waals surface area contributed by atoms with Crippen molar-refractivity contribution in [3.63, 3.8) is 0 Å². The van der Waals surface area contributed by atoms with Crippen LogP contribution in [0.4, 0.5) is 16.2 Å². The Morgan fingerprint density at radius 2 is 1.68 bits per heavy atom. The Balaban J connectivity index is 1.48. The normalized spacial score (nSPS) is 16.4. The average Bonchev–Trinajstić information content (AvgIpc) is 3.46. The van der Waals surface area contributed by atoms with Crippen LogP contribution in [-0.2, 0) is 0 Å². The van der Waals surface area contributed by atoms with Crippen LogP contribution < -0.4 is 15.4 Å². The number of rotatable bonds is 5. The van der Waals surface area contributed by atoms with Crippen LogP contribution in [0.2, 0.25) is 0 Å². The molecule has 1 aliphatic heterocycles. The van der Waals surface area contributed by atoms with E-state index in [2.05, 4.69) is 68.5 Å². The summed E-state index contributed by atoms with van der Waals surface area (Å²) in [4.78, 5) is 13.2. The number of aryl methyl sites for hydroxylation is 1. The highest BCUT2D eigenvalue weighted by Gasteiger charge is 2.29. The summed E-state index contributed by atoms with van der Waals surface area (Å²) < 4.78 is 6.42. The van der Waals surface area contributed by atoms with Crippen molar-refractivity contribution in [2.75, 3.05) is 17.2 Å². The lowest BCUT2D eigenvalue weighted by atomic mass is 9.83. The van der Waals surface area contributed by atoms with E-state index >= 15 is 0 Å². The highest BCUT2D eigenvalue weighted by Crippen LogP contribution is 2.46. The van der Waals surface area contributed by atoms with Crippen LogP contribution in [-0.4, -0.2) is 33.3 Å². The van der Waals surface area contributed by atoms with E-state index in [0.29, 0.717) is 35.5 Å². The Labute approximate surface area is 232 Å². The quantitative estimate of drug-likeness (QED) is 0.226. The van der Waals surface area contributed by atoms with Gasteiger partial charge in [-0.05, 0) is 70.6 Å². The molecule has 6 rings (SSSR count). The molecule has 2 amide bonds. The molecule has 8 heteroatoms. The number of benzene rings is 4. The Kier molecular flexibility index (Phi) is 6.97. The highest BCUT2D eigenvalue weighted by atomic mass is 16.5. The summed E-state index contributed by atoms with van der Waals surface area (Å²) in [6.45, 7) is 4.77. The summed E-state index contributed by atoms with van der Waals surface area (Å²) in [5, 5.41) is 20.6. The number of H-pyrrole nitrogens is 1. The molecule has 3 N–H and O–H groups in total. The number of anilines is 2. The fraction of sp³-hybridized carbons (Fsp3) is 0.188. The number of urea groups is 1. The monoisotopic (exact) mass is 530 g/mol. The number of tetrazole rings is 1. The summed E-state index contributed by atoms with van der Waals surface area (Å²) in [7, 11) is 0. The topological polar surface area (TPSA) is 105 Å². The van der Waals surface area contributed by atoms with Gasteiger partial charge in [0.25, 0.3) is 0 Å². The molecular weight excluding hydrogens is 500 g/mol. The molecule has 2 atom stereocenters. The number of amides is 2. The van der Waals surface area contributed by atoms with Gasteiger partial charge in [-0.1, -0.05) is 79.2 Å². The first kappa shape index (κ1) is 25.3. The maximum atomic E-state index is 13.2. The van der Waals surface area contributed by atoms with E-state index < -0.39 is 0 Å². The zero-order chi connectivity index (χ0) is 27.5. The second-order valence-electron chi connectivity index (χ2n) is 10.3. The number of carbonyl (C=O) groups excluding carboxylic acids is 1. The summed E-state index contributed by atoms with van der Waals surface area (Å²) in [5.41, 5.74) is 7.42.